The molecule has 1 atom stereocenters. The van der Waals surface area contributed by atoms with Crippen LogP contribution >= 0.6 is 11.3 Å². The fraction of sp³-hybridized carbons (Fsp3) is 0.400. The van der Waals surface area contributed by atoms with Crippen molar-refractivity contribution in [2.45, 2.75) is 48.3 Å². The van der Waals surface area contributed by atoms with Gasteiger partial charge in [0.15, 0.2) is 9.84 Å². The Bertz CT molecular complexity index is 937. The normalized spacial score (nSPS) is 16.2. The molecule has 2 amide bonds. The third-order valence-electron chi connectivity index (χ3n) is 4.97. The van der Waals surface area contributed by atoms with Gasteiger partial charge in [-0.05, 0) is 48.6 Å². The van der Waals surface area contributed by atoms with Gasteiger partial charge in [0.2, 0.25) is 0 Å². The van der Waals surface area contributed by atoms with E-state index < -0.39 is 32.7 Å². The third-order valence-corrected chi connectivity index (χ3v) is 8.21. The zero-order chi connectivity index (χ0) is 20.9. The fourth-order valence-electron chi connectivity index (χ4n) is 3.39. The lowest BCUT2D eigenvalue weighted by Crippen LogP contribution is -2.46. The van der Waals surface area contributed by atoms with E-state index in [-0.39, 0.29) is 17.5 Å². The summed E-state index contributed by atoms with van der Waals surface area (Å²) in [6.45, 7) is -0.253. The van der Waals surface area contributed by atoms with Gasteiger partial charge >= 0.3 is 11.8 Å². The first-order chi connectivity index (χ1) is 13.9. The van der Waals surface area contributed by atoms with Gasteiger partial charge in [0.05, 0.1) is 4.90 Å². The molecule has 1 saturated carbocycles. The Balaban J connectivity index is 1.70. The minimum atomic E-state index is -3.89. The zero-order valence-electron chi connectivity index (χ0n) is 15.8. The van der Waals surface area contributed by atoms with Crippen molar-refractivity contribution in [2.24, 2.45) is 0 Å². The summed E-state index contributed by atoms with van der Waals surface area (Å²) >= 11 is 1.24. The van der Waals surface area contributed by atoms with Crippen LogP contribution in [0.1, 0.15) is 42.2 Å². The SMILES string of the molecule is O=C(NC[C@@H](c1cccs1)S(=O)(=O)c1ccc(F)cc1)C(=O)NC1CCCCC1. The molecular formula is C20H23FN2O4S2. The Labute approximate surface area is 173 Å². The van der Waals surface area contributed by atoms with Crippen molar-refractivity contribution in [2.75, 3.05) is 6.54 Å². The second kappa shape index (κ2) is 9.49. The summed E-state index contributed by atoms with van der Waals surface area (Å²) in [5.41, 5.74) is 0. The number of rotatable bonds is 6. The van der Waals surface area contributed by atoms with Gasteiger partial charge in [-0.2, -0.15) is 0 Å². The van der Waals surface area contributed by atoms with E-state index >= 15 is 0 Å². The van der Waals surface area contributed by atoms with Crippen LogP contribution in [0.4, 0.5) is 4.39 Å². The Morgan fingerprint density at radius 1 is 1.07 bits per heavy atom. The largest absolute Gasteiger partial charge is 0.346 e. The minimum absolute atomic E-state index is 0.0157. The van der Waals surface area contributed by atoms with Crippen molar-refractivity contribution in [3.63, 3.8) is 0 Å². The van der Waals surface area contributed by atoms with Crippen LogP contribution in [0.15, 0.2) is 46.7 Å². The molecule has 0 radical (unpaired) electrons. The van der Waals surface area contributed by atoms with Crippen LogP contribution in [0.3, 0.4) is 0 Å². The van der Waals surface area contributed by atoms with E-state index in [1.165, 1.54) is 23.5 Å². The first-order valence-electron chi connectivity index (χ1n) is 9.49. The van der Waals surface area contributed by atoms with E-state index in [0.717, 1.165) is 44.2 Å². The van der Waals surface area contributed by atoms with E-state index in [1.54, 1.807) is 17.5 Å². The van der Waals surface area contributed by atoms with Crippen molar-refractivity contribution in [1.82, 2.24) is 10.6 Å². The topological polar surface area (TPSA) is 92.3 Å². The maximum absolute atomic E-state index is 13.2. The second-order valence-corrected chi connectivity index (χ2v) is 10.1. The van der Waals surface area contributed by atoms with Gasteiger partial charge in [0.1, 0.15) is 11.1 Å². The molecule has 1 aliphatic rings. The number of nitrogens with one attached hydrogen (secondary N) is 2. The monoisotopic (exact) mass is 438 g/mol. The highest BCUT2D eigenvalue weighted by Gasteiger charge is 2.31. The number of amides is 2. The summed E-state index contributed by atoms with van der Waals surface area (Å²) in [5.74, 6) is -2.14. The molecule has 0 bridgehead atoms. The Hall–Kier alpha value is -2.26. The third kappa shape index (κ3) is 5.42. The number of hydrogen-bond donors (Lipinski definition) is 2. The molecule has 0 aliphatic heterocycles. The molecule has 0 spiro atoms. The predicted molar refractivity (Wildman–Crippen MR) is 109 cm³/mol. The molecule has 1 aromatic carbocycles. The lowest BCUT2D eigenvalue weighted by atomic mass is 9.95. The van der Waals surface area contributed by atoms with Crippen LogP contribution in [-0.2, 0) is 19.4 Å². The van der Waals surface area contributed by atoms with Crippen LogP contribution in [0.25, 0.3) is 0 Å². The predicted octanol–water partition coefficient (Wildman–Crippen LogP) is 2.97. The molecule has 0 unspecified atom stereocenters. The highest BCUT2D eigenvalue weighted by molar-refractivity contribution is 7.91. The fourth-order valence-corrected chi connectivity index (χ4v) is 6.17. The van der Waals surface area contributed by atoms with Crippen molar-refractivity contribution >= 4 is 33.0 Å². The second-order valence-electron chi connectivity index (χ2n) is 7.02. The van der Waals surface area contributed by atoms with E-state index in [9.17, 15) is 22.4 Å². The number of halogens is 1. The minimum Gasteiger partial charge on any atom is -0.346 e. The van der Waals surface area contributed by atoms with Gasteiger partial charge in [-0.1, -0.05) is 25.3 Å². The molecule has 6 nitrogen and oxygen atoms in total. The van der Waals surface area contributed by atoms with Gasteiger partial charge in [-0.3, -0.25) is 9.59 Å². The number of carbonyl (C=O) groups excluding carboxylic acids is 2. The summed E-state index contributed by atoms with van der Waals surface area (Å²) in [5, 5.41) is 5.83. The number of thiophene rings is 1. The summed E-state index contributed by atoms with van der Waals surface area (Å²) < 4.78 is 39.3. The lowest BCUT2D eigenvalue weighted by Gasteiger charge is -2.22. The van der Waals surface area contributed by atoms with E-state index in [2.05, 4.69) is 10.6 Å². The molecule has 9 heteroatoms. The molecular weight excluding hydrogens is 415 g/mol. The Kier molecular flexibility index (Phi) is 7.02. The first-order valence-corrected chi connectivity index (χ1v) is 11.9. The quantitative estimate of drug-likeness (QED) is 0.536. The number of benzene rings is 1. The smallest absolute Gasteiger partial charge is 0.309 e. The van der Waals surface area contributed by atoms with E-state index in [0.29, 0.717) is 4.88 Å². The highest BCUT2D eigenvalue weighted by atomic mass is 32.2. The summed E-state index contributed by atoms with van der Waals surface area (Å²) in [6, 6.07) is 7.91. The van der Waals surface area contributed by atoms with Crippen molar-refractivity contribution in [1.29, 1.82) is 0 Å². The zero-order valence-corrected chi connectivity index (χ0v) is 17.4. The van der Waals surface area contributed by atoms with Crippen LogP contribution in [0, 0.1) is 5.82 Å². The molecule has 156 valence electrons. The van der Waals surface area contributed by atoms with E-state index in [1.807, 2.05) is 0 Å². The number of hydrogen-bond acceptors (Lipinski definition) is 5. The van der Waals surface area contributed by atoms with E-state index in [4.69, 9.17) is 0 Å². The van der Waals surface area contributed by atoms with Crippen LogP contribution < -0.4 is 10.6 Å². The maximum atomic E-state index is 13.2. The van der Waals surface area contributed by atoms with Gasteiger partial charge in [0.25, 0.3) is 0 Å². The molecule has 2 N–H and O–H groups in total. The Morgan fingerprint density at radius 3 is 2.38 bits per heavy atom. The van der Waals surface area contributed by atoms with Crippen LogP contribution in [0.2, 0.25) is 0 Å². The van der Waals surface area contributed by atoms with Gasteiger partial charge in [-0.15, -0.1) is 11.3 Å². The standard InChI is InChI=1S/C20H23FN2O4S2/c21-14-8-10-16(11-9-14)29(26,27)18(17-7-4-12-28-17)13-22-19(24)20(25)23-15-5-2-1-3-6-15/h4,7-12,15,18H,1-3,5-6,13H2,(H,22,24)(H,23,25)/t18-/m0/s1. The van der Waals surface area contributed by atoms with Gasteiger partial charge in [-0.25, -0.2) is 12.8 Å². The molecule has 3 rings (SSSR count). The molecule has 1 fully saturated rings. The molecule has 2 aromatic rings. The number of sulfone groups is 1. The Morgan fingerprint density at radius 2 is 1.76 bits per heavy atom. The summed E-state index contributed by atoms with van der Waals surface area (Å²) in [6.07, 6.45) is 4.85. The lowest BCUT2D eigenvalue weighted by molar-refractivity contribution is -0.139. The molecule has 29 heavy (non-hydrogen) atoms. The molecule has 1 heterocycles. The van der Waals surface area contributed by atoms with Crippen LogP contribution in [-0.4, -0.2) is 32.8 Å². The van der Waals surface area contributed by atoms with Crippen molar-refractivity contribution < 1.29 is 22.4 Å². The highest BCUT2D eigenvalue weighted by Crippen LogP contribution is 2.31. The average Bonchev–Trinajstić information content (AvgIpc) is 3.23. The summed E-state index contributed by atoms with van der Waals surface area (Å²) in [4.78, 5) is 24.9. The van der Waals surface area contributed by atoms with Crippen molar-refractivity contribution in [3.05, 3.63) is 52.5 Å². The van der Waals surface area contributed by atoms with Gasteiger partial charge in [0, 0.05) is 17.5 Å². The van der Waals surface area contributed by atoms with Crippen molar-refractivity contribution in [3.8, 4) is 0 Å². The maximum Gasteiger partial charge on any atom is 0.309 e. The van der Waals surface area contributed by atoms with Crippen LogP contribution in [0.5, 0.6) is 0 Å². The average molecular weight is 439 g/mol. The molecule has 0 saturated heterocycles. The first kappa shape index (κ1) is 21.4. The van der Waals surface area contributed by atoms with Gasteiger partial charge < -0.3 is 10.6 Å². The molecule has 1 aromatic heterocycles. The number of carbonyl (C=O) groups is 2. The summed E-state index contributed by atoms with van der Waals surface area (Å²) in [7, 11) is -3.89. The molecule has 1 aliphatic carbocycles.